The number of carbonyl (C=O) groups excluding carboxylic acids is 2. The molecule has 0 unspecified atom stereocenters. The number of hydrogen-bond acceptors (Lipinski definition) is 6. The van der Waals surface area contributed by atoms with Crippen LogP contribution in [0.2, 0.25) is 0 Å². The number of aldehydes is 1. The summed E-state index contributed by atoms with van der Waals surface area (Å²) in [7, 11) is 0. The summed E-state index contributed by atoms with van der Waals surface area (Å²) in [5, 5.41) is 18.5. The molecule has 3 rings (SSSR count). The smallest absolute Gasteiger partial charge is 0.219 e. The van der Waals surface area contributed by atoms with Gasteiger partial charge in [-0.25, -0.2) is 4.98 Å². The maximum absolute atomic E-state index is 10.9. The molecule has 4 N–H and O–H groups in total. The monoisotopic (exact) mass is 351 g/mol. The number of rotatable bonds is 7. The standard InChI is InChI=1S/C18H17N5O3/c19-13(5-6-16(20)25)17-22-15(18(26)23(17)7-8-24)9-11-10-21-14-4-2-1-3-12(11)14/h1-4,8-10,19,26H,5-7H2,(H2,20,25)/b11-9+,19-13?. The second kappa shape index (κ2) is 7.14. The minimum atomic E-state index is -0.534. The first-order valence-corrected chi connectivity index (χ1v) is 7.95. The Labute approximate surface area is 149 Å². The third-order valence-electron chi connectivity index (χ3n) is 3.97. The third kappa shape index (κ3) is 3.30. The lowest BCUT2D eigenvalue weighted by molar-refractivity contribution is -0.117. The molecule has 8 heteroatoms. The predicted molar refractivity (Wildman–Crippen MR) is 97.7 cm³/mol. The molecule has 1 aliphatic heterocycles. The molecule has 1 aliphatic rings. The van der Waals surface area contributed by atoms with Gasteiger partial charge in [-0.3, -0.25) is 14.4 Å². The molecule has 1 aromatic carbocycles. The molecule has 26 heavy (non-hydrogen) atoms. The second-order valence-corrected chi connectivity index (χ2v) is 5.74. The molecule has 132 valence electrons. The van der Waals surface area contributed by atoms with Crippen molar-refractivity contribution in [2.45, 2.75) is 19.4 Å². The molecule has 0 aliphatic carbocycles. The summed E-state index contributed by atoms with van der Waals surface area (Å²) in [5.74, 6) is -0.624. The van der Waals surface area contributed by atoms with E-state index in [0.29, 0.717) is 6.29 Å². The fourth-order valence-electron chi connectivity index (χ4n) is 2.70. The van der Waals surface area contributed by atoms with Gasteiger partial charge in [-0.05, 0) is 12.1 Å². The van der Waals surface area contributed by atoms with Crippen LogP contribution in [0, 0.1) is 5.41 Å². The average molecular weight is 351 g/mol. The van der Waals surface area contributed by atoms with Crippen molar-refractivity contribution in [1.29, 1.82) is 5.41 Å². The number of imidazole rings is 1. The Bertz CT molecular complexity index is 956. The highest BCUT2D eigenvalue weighted by Crippen LogP contribution is 2.33. The van der Waals surface area contributed by atoms with Gasteiger partial charge in [0.2, 0.25) is 11.8 Å². The van der Waals surface area contributed by atoms with E-state index in [0.717, 1.165) is 16.8 Å². The van der Waals surface area contributed by atoms with Gasteiger partial charge in [0.25, 0.3) is 0 Å². The van der Waals surface area contributed by atoms with Crippen molar-refractivity contribution < 1.29 is 14.7 Å². The van der Waals surface area contributed by atoms with Gasteiger partial charge >= 0.3 is 0 Å². The largest absolute Gasteiger partial charge is 0.493 e. The lowest BCUT2D eigenvalue weighted by Crippen LogP contribution is -2.16. The number of benzene rings is 1. The number of aromatic hydroxyl groups is 1. The average Bonchev–Trinajstić information content (AvgIpc) is 3.17. The van der Waals surface area contributed by atoms with Gasteiger partial charge in [0, 0.05) is 30.2 Å². The summed E-state index contributed by atoms with van der Waals surface area (Å²) < 4.78 is 1.24. The Morgan fingerprint density at radius 3 is 2.81 bits per heavy atom. The van der Waals surface area contributed by atoms with Crippen molar-refractivity contribution >= 4 is 41.5 Å². The number of para-hydroxylation sites is 1. The number of carbonyl (C=O) groups is 2. The first-order chi connectivity index (χ1) is 12.5. The molecule has 1 aromatic heterocycles. The summed E-state index contributed by atoms with van der Waals surface area (Å²) in [4.78, 5) is 30.5. The quantitative estimate of drug-likeness (QED) is 0.516. The van der Waals surface area contributed by atoms with Crippen LogP contribution in [-0.4, -0.2) is 38.8 Å². The highest BCUT2D eigenvalue weighted by atomic mass is 16.3. The van der Waals surface area contributed by atoms with Crippen molar-refractivity contribution in [2.24, 2.45) is 10.7 Å². The van der Waals surface area contributed by atoms with Crippen LogP contribution in [0.3, 0.4) is 0 Å². The van der Waals surface area contributed by atoms with Gasteiger partial charge in [0.1, 0.15) is 12.0 Å². The number of amides is 1. The second-order valence-electron chi connectivity index (χ2n) is 5.74. The molecule has 1 amide bonds. The van der Waals surface area contributed by atoms with E-state index in [1.807, 2.05) is 24.3 Å². The molecule has 8 nitrogen and oxygen atoms in total. The van der Waals surface area contributed by atoms with E-state index in [2.05, 4.69) is 9.98 Å². The van der Waals surface area contributed by atoms with Gasteiger partial charge < -0.3 is 21.0 Å². The minimum Gasteiger partial charge on any atom is -0.493 e. The molecule has 0 saturated heterocycles. The van der Waals surface area contributed by atoms with Gasteiger partial charge in [-0.2, -0.15) is 0 Å². The van der Waals surface area contributed by atoms with Crippen molar-refractivity contribution in [3.8, 4) is 5.88 Å². The van der Waals surface area contributed by atoms with Gasteiger partial charge in [0.05, 0.1) is 17.9 Å². The van der Waals surface area contributed by atoms with Crippen LogP contribution in [0.25, 0.3) is 11.6 Å². The lowest BCUT2D eigenvalue weighted by atomic mass is 10.1. The van der Waals surface area contributed by atoms with E-state index in [-0.39, 0.29) is 42.5 Å². The minimum absolute atomic E-state index is 0.00992. The summed E-state index contributed by atoms with van der Waals surface area (Å²) in [6, 6.07) is 7.55. The normalized spacial score (nSPS) is 13.8. The Hall–Kier alpha value is -3.55. The van der Waals surface area contributed by atoms with Gasteiger partial charge in [-0.15, -0.1) is 0 Å². The molecule has 0 spiro atoms. The van der Waals surface area contributed by atoms with E-state index in [1.165, 1.54) is 4.57 Å². The first-order valence-electron chi connectivity index (χ1n) is 7.95. The van der Waals surface area contributed by atoms with Crippen molar-refractivity contribution in [2.75, 3.05) is 0 Å². The number of fused-ring (bicyclic) bond motifs is 1. The lowest BCUT2D eigenvalue weighted by Gasteiger charge is -2.05. The fraction of sp³-hybridized carbons (Fsp3) is 0.167. The van der Waals surface area contributed by atoms with Crippen LogP contribution in [0.1, 0.15) is 29.9 Å². The van der Waals surface area contributed by atoms with Crippen LogP contribution < -0.4 is 5.73 Å². The summed E-state index contributed by atoms with van der Waals surface area (Å²) in [6.07, 6.45) is 3.99. The van der Waals surface area contributed by atoms with Crippen LogP contribution in [-0.2, 0) is 16.1 Å². The first kappa shape index (κ1) is 17.3. The molecule has 2 aromatic rings. The number of nitrogens with zero attached hydrogens (tertiary/aromatic N) is 3. The molecule has 0 radical (unpaired) electrons. The predicted octanol–water partition coefficient (Wildman–Crippen LogP) is 1.68. The zero-order valence-electron chi connectivity index (χ0n) is 13.8. The topological polar surface area (TPSA) is 134 Å². The molecular formula is C18H17N5O3. The maximum Gasteiger partial charge on any atom is 0.219 e. The molecule has 0 fully saturated rings. The Morgan fingerprint density at radius 1 is 1.31 bits per heavy atom. The van der Waals surface area contributed by atoms with Gasteiger partial charge in [0.15, 0.2) is 5.82 Å². The van der Waals surface area contributed by atoms with E-state index >= 15 is 0 Å². The number of primary amides is 1. The summed E-state index contributed by atoms with van der Waals surface area (Å²) in [6.45, 7) is -0.152. The zero-order valence-corrected chi connectivity index (χ0v) is 13.8. The third-order valence-corrected chi connectivity index (χ3v) is 3.97. The van der Waals surface area contributed by atoms with Crippen LogP contribution >= 0.6 is 0 Å². The molecule has 2 heterocycles. The van der Waals surface area contributed by atoms with Crippen LogP contribution in [0.15, 0.2) is 29.3 Å². The molecular weight excluding hydrogens is 334 g/mol. The molecule has 0 saturated carbocycles. The Balaban J connectivity index is 1.99. The number of allylic oxidation sites excluding steroid dienone is 1. The fourth-order valence-corrected chi connectivity index (χ4v) is 2.70. The van der Waals surface area contributed by atoms with E-state index in [1.54, 1.807) is 12.3 Å². The maximum atomic E-state index is 10.9. The van der Waals surface area contributed by atoms with Gasteiger partial charge in [-0.1, -0.05) is 18.2 Å². The zero-order chi connectivity index (χ0) is 18.7. The number of hydrogen-bond donors (Lipinski definition) is 3. The van der Waals surface area contributed by atoms with E-state index < -0.39 is 5.91 Å². The van der Waals surface area contributed by atoms with Crippen LogP contribution in [0.4, 0.5) is 5.69 Å². The highest BCUT2D eigenvalue weighted by molar-refractivity contribution is 6.21. The summed E-state index contributed by atoms with van der Waals surface area (Å²) in [5.41, 5.74) is 7.85. The van der Waals surface area contributed by atoms with E-state index in [4.69, 9.17) is 11.1 Å². The molecule has 0 bridgehead atoms. The Morgan fingerprint density at radius 2 is 2.08 bits per heavy atom. The van der Waals surface area contributed by atoms with Crippen molar-refractivity contribution in [3.05, 3.63) is 41.3 Å². The summed E-state index contributed by atoms with van der Waals surface area (Å²) >= 11 is 0. The number of nitrogens with one attached hydrogen (secondary N) is 1. The van der Waals surface area contributed by atoms with Crippen molar-refractivity contribution in [1.82, 2.24) is 9.55 Å². The number of nitrogens with two attached hydrogens (primary N) is 1. The molecule has 0 atom stereocenters. The number of aromatic nitrogens is 2. The number of aliphatic imine (C=N–C) groups is 1. The van der Waals surface area contributed by atoms with Crippen LogP contribution in [0.5, 0.6) is 5.88 Å². The van der Waals surface area contributed by atoms with Crippen molar-refractivity contribution in [3.63, 3.8) is 0 Å². The van der Waals surface area contributed by atoms with E-state index in [9.17, 15) is 14.7 Å². The highest BCUT2D eigenvalue weighted by Gasteiger charge is 2.20. The Kier molecular flexibility index (Phi) is 4.74. The SMILES string of the molecule is N=C(CCC(N)=O)c1nc(/C=C2\C=Nc3ccccc32)c(O)n1CC=O.